The van der Waals surface area contributed by atoms with Crippen LogP contribution in [0.25, 0.3) is 0 Å². The van der Waals surface area contributed by atoms with Gasteiger partial charge in [-0.05, 0) is 63.2 Å². The Kier molecular flexibility index (Phi) is 62.8. The van der Waals surface area contributed by atoms with E-state index in [1.807, 2.05) is 0 Å². The topological polar surface area (TPSA) is 237 Å². The minimum absolute atomic E-state index is 0.0848. The fourth-order valence-electron chi connectivity index (χ4n) is 10.5. The Morgan fingerprint density at radius 3 is 0.978 bits per heavy atom. The van der Waals surface area contributed by atoms with Gasteiger partial charge in [-0.1, -0.05) is 297 Å². The molecule has 0 spiro atoms. The van der Waals surface area contributed by atoms with Crippen LogP contribution in [0.4, 0.5) is 0 Å². The largest absolute Gasteiger partial charge is 0.472 e. The van der Waals surface area contributed by atoms with Crippen LogP contribution in [-0.4, -0.2) is 96.7 Å². The maximum atomic E-state index is 13.0. The van der Waals surface area contributed by atoms with Crippen LogP contribution in [0.1, 0.15) is 350 Å². The molecule has 0 aliphatic carbocycles. The molecule has 92 heavy (non-hydrogen) atoms. The summed E-state index contributed by atoms with van der Waals surface area (Å²) >= 11 is 0. The highest BCUT2D eigenvalue weighted by Gasteiger charge is 2.30. The maximum absolute atomic E-state index is 13.0. The smallest absolute Gasteiger partial charge is 0.462 e. The second-order valence-corrected chi connectivity index (χ2v) is 29.3. The number of carbonyl (C=O) groups excluding carboxylic acids is 4. The van der Waals surface area contributed by atoms with Crippen molar-refractivity contribution in [3.05, 3.63) is 24.3 Å². The van der Waals surface area contributed by atoms with E-state index < -0.39 is 97.5 Å². The molecule has 542 valence electrons. The van der Waals surface area contributed by atoms with Gasteiger partial charge in [0.25, 0.3) is 0 Å². The van der Waals surface area contributed by atoms with Crippen molar-refractivity contribution in [1.82, 2.24) is 0 Å². The lowest BCUT2D eigenvalue weighted by Crippen LogP contribution is -2.30. The van der Waals surface area contributed by atoms with Crippen molar-refractivity contribution in [2.75, 3.05) is 39.6 Å². The van der Waals surface area contributed by atoms with Crippen molar-refractivity contribution in [2.24, 2.45) is 11.8 Å². The third kappa shape index (κ3) is 64.9. The summed E-state index contributed by atoms with van der Waals surface area (Å²) in [4.78, 5) is 72.6. The van der Waals surface area contributed by atoms with Crippen molar-refractivity contribution in [3.63, 3.8) is 0 Å². The van der Waals surface area contributed by atoms with Gasteiger partial charge in [-0.25, -0.2) is 9.13 Å². The summed E-state index contributed by atoms with van der Waals surface area (Å²) in [6.07, 6.45) is 53.4. The highest BCUT2D eigenvalue weighted by Crippen LogP contribution is 2.45. The van der Waals surface area contributed by atoms with E-state index in [1.54, 1.807) is 0 Å². The van der Waals surface area contributed by atoms with Crippen molar-refractivity contribution in [1.29, 1.82) is 0 Å². The van der Waals surface area contributed by atoms with E-state index in [-0.39, 0.29) is 25.7 Å². The quantitative estimate of drug-likeness (QED) is 0.0169. The van der Waals surface area contributed by atoms with Gasteiger partial charge in [-0.3, -0.25) is 37.3 Å². The molecule has 0 rings (SSSR count). The summed E-state index contributed by atoms with van der Waals surface area (Å²) < 4.78 is 68.4. The number of hydrogen-bond acceptors (Lipinski definition) is 15. The molecule has 0 bridgehead atoms. The van der Waals surface area contributed by atoms with Crippen LogP contribution in [0.5, 0.6) is 0 Å². The number of carbonyl (C=O) groups is 4. The Labute approximate surface area is 561 Å². The van der Waals surface area contributed by atoms with E-state index in [0.29, 0.717) is 25.7 Å². The first-order valence-electron chi connectivity index (χ1n) is 37.3. The van der Waals surface area contributed by atoms with Crippen LogP contribution in [0.2, 0.25) is 0 Å². The molecule has 0 aromatic heterocycles. The summed E-state index contributed by atoms with van der Waals surface area (Å²) in [5, 5.41) is 10.6. The molecular weight excluding hydrogens is 1210 g/mol. The average Bonchev–Trinajstić information content (AvgIpc) is 2.15. The number of ether oxygens (including phenoxy) is 4. The minimum Gasteiger partial charge on any atom is -0.462 e. The average molecular weight is 1350 g/mol. The van der Waals surface area contributed by atoms with Crippen LogP contribution in [0.3, 0.4) is 0 Å². The number of allylic oxidation sites excluding steroid dienone is 4. The normalized spacial score (nSPS) is 14.5. The van der Waals surface area contributed by atoms with Crippen molar-refractivity contribution in [3.8, 4) is 0 Å². The molecule has 0 amide bonds. The molecule has 0 heterocycles. The van der Waals surface area contributed by atoms with E-state index in [9.17, 15) is 43.2 Å². The van der Waals surface area contributed by atoms with Crippen LogP contribution >= 0.6 is 15.6 Å². The number of aliphatic hydroxyl groups is 1. The molecule has 0 aliphatic rings. The fraction of sp³-hybridized carbons (Fsp3) is 0.890. The standard InChI is InChI=1S/C73H138O17P2/c1-7-10-12-14-16-18-20-21-22-23-24-33-39-45-51-57-72(77)89-69(62-84-71(76)56-50-44-38-32-28-26-30-36-42-48-54-66(6)9-3)64-88-92(81,82)86-60-67(74)59-85-91(79,80)87-63-68(61-83-70(75)55-49-43-37-31-19-17-15-13-11-8-2)90-73(78)58-52-46-40-34-27-25-29-35-41-47-53-65(4)5/h18,20-22,65-69,74H,7-17,19,23-64H2,1-6H3,(H,79,80)(H,81,82)/b20-18-,22-21-/t66?,67-,68+,69+/m0/s1. The lowest BCUT2D eigenvalue weighted by Gasteiger charge is -2.21. The Hall–Kier alpha value is -2.46. The first-order chi connectivity index (χ1) is 44.4. The monoisotopic (exact) mass is 1350 g/mol. The van der Waals surface area contributed by atoms with Crippen LogP contribution in [0, 0.1) is 11.8 Å². The van der Waals surface area contributed by atoms with E-state index in [2.05, 4.69) is 65.8 Å². The van der Waals surface area contributed by atoms with Crippen molar-refractivity contribution < 1.29 is 80.2 Å². The number of aliphatic hydroxyl groups excluding tert-OH is 1. The third-order valence-electron chi connectivity index (χ3n) is 16.7. The molecule has 3 unspecified atom stereocenters. The number of esters is 4. The van der Waals surface area contributed by atoms with Gasteiger partial charge in [0.2, 0.25) is 0 Å². The Balaban J connectivity index is 5.30. The number of phosphoric ester groups is 2. The molecule has 0 aromatic carbocycles. The van der Waals surface area contributed by atoms with E-state index in [4.69, 9.17) is 37.0 Å². The SMILES string of the molecule is CCCCCC/C=C\C=C/CCCCCCCC(=O)O[C@H](COC(=O)CCCCCCCCCCCCC(C)CC)COP(=O)(O)OC[C@@H](O)COP(=O)(O)OC[C@@H](COC(=O)CCCCCCCCCCCC)OC(=O)CCCCCCCCCCCCC(C)C. The summed E-state index contributed by atoms with van der Waals surface area (Å²) in [7, 11) is -9.92. The highest BCUT2D eigenvalue weighted by molar-refractivity contribution is 7.47. The van der Waals surface area contributed by atoms with Crippen LogP contribution in [0.15, 0.2) is 24.3 Å². The molecule has 0 aliphatic heterocycles. The van der Waals surface area contributed by atoms with Crippen molar-refractivity contribution in [2.45, 2.75) is 368 Å². The zero-order valence-electron chi connectivity index (χ0n) is 59.3. The Bertz CT molecular complexity index is 1880. The van der Waals surface area contributed by atoms with Gasteiger partial charge in [-0.15, -0.1) is 0 Å². The summed E-state index contributed by atoms with van der Waals surface area (Å²) in [5.74, 6) is -0.593. The molecule has 19 heteroatoms. The number of rotatable bonds is 70. The molecule has 6 atom stereocenters. The third-order valence-corrected chi connectivity index (χ3v) is 18.6. The molecule has 0 fully saturated rings. The molecular formula is C73H138O17P2. The molecule has 0 aromatic rings. The maximum Gasteiger partial charge on any atom is 0.472 e. The lowest BCUT2D eigenvalue weighted by molar-refractivity contribution is -0.161. The molecule has 3 N–H and O–H groups in total. The Morgan fingerprint density at radius 1 is 0.359 bits per heavy atom. The van der Waals surface area contributed by atoms with Gasteiger partial charge < -0.3 is 33.8 Å². The Morgan fingerprint density at radius 2 is 0.641 bits per heavy atom. The predicted molar refractivity (Wildman–Crippen MR) is 372 cm³/mol. The van der Waals surface area contributed by atoms with Gasteiger partial charge in [0.05, 0.1) is 26.4 Å². The van der Waals surface area contributed by atoms with E-state index >= 15 is 0 Å². The molecule has 17 nitrogen and oxygen atoms in total. The minimum atomic E-state index is -4.96. The number of phosphoric acid groups is 2. The first-order valence-corrected chi connectivity index (χ1v) is 40.3. The zero-order chi connectivity index (χ0) is 67.9. The summed E-state index contributed by atoms with van der Waals surface area (Å²) in [5.41, 5.74) is 0. The van der Waals surface area contributed by atoms with Gasteiger partial charge >= 0.3 is 39.5 Å². The second-order valence-electron chi connectivity index (χ2n) is 26.4. The first kappa shape index (κ1) is 89.5. The molecule has 0 saturated carbocycles. The lowest BCUT2D eigenvalue weighted by atomic mass is 9.99. The molecule has 0 radical (unpaired) electrons. The van der Waals surface area contributed by atoms with Crippen molar-refractivity contribution >= 4 is 39.5 Å². The second kappa shape index (κ2) is 64.5. The van der Waals surface area contributed by atoms with E-state index in [0.717, 1.165) is 115 Å². The number of unbranched alkanes of at least 4 members (excludes halogenated alkanes) is 36. The zero-order valence-corrected chi connectivity index (χ0v) is 61.1. The van der Waals surface area contributed by atoms with Crippen LogP contribution < -0.4 is 0 Å². The predicted octanol–water partition coefficient (Wildman–Crippen LogP) is 20.7. The summed E-state index contributed by atoms with van der Waals surface area (Å²) in [6, 6.07) is 0. The van der Waals surface area contributed by atoms with Gasteiger partial charge in [-0.2, -0.15) is 0 Å². The summed E-state index contributed by atoms with van der Waals surface area (Å²) in [6.45, 7) is 9.51. The highest BCUT2D eigenvalue weighted by atomic mass is 31.2. The van der Waals surface area contributed by atoms with Gasteiger partial charge in [0.1, 0.15) is 19.3 Å². The van der Waals surface area contributed by atoms with Crippen LogP contribution in [-0.2, 0) is 65.4 Å². The van der Waals surface area contributed by atoms with Gasteiger partial charge in [0, 0.05) is 25.7 Å². The number of hydrogen-bond donors (Lipinski definition) is 3. The van der Waals surface area contributed by atoms with Gasteiger partial charge in [0.15, 0.2) is 12.2 Å². The van der Waals surface area contributed by atoms with E-state index in [1.165, 1.54) is 154 Å². The fourth-order valence-corrected chi connectivity index (χ4v) is 12.1. The molecule has 0 saturated heterocycles.